The lowest BCUT2D eigenvalue weighted by molar-refractivity contribution is -0.144. The van der Waals surface area contributed by atoms with Crippen LogP contribution in [0.5, 0.6) is 0 Å². The van der Waals surface area contributed by atoms with Gasteiger partial charge in [0.1, 0.15) is 6.04 Å². The van der Waals surface area contributed by atoms with Crippen molar-refractivity contribution < 1.29 is 27.5 Å². The number of amides is 1. The minimum atomic E-state index is -4.20. The van der Waals surface area contributed by atoms with Crippen molar-refractivity contribution in [3.63, 3.8) is 0 Å². The molecule has 0 aliphatic carbocycles. The number of carbonyl (C=O) groups excluding carboxylic acids is 2. The third kappa shape index (κ3) is 3.87. The highest BCUT2D eigenvalue weighted by Crippen LogP contribution is 2.38. The number of cyclic esters (lactones) is 1. The Morgan fingerprint density at radius 3 is 2.36 bits per heavy atom. The van der Waals surface area contributed by atoms with Gasteiger partial charge in [-0.15, -0.1) is 0 Å². The Morgan fingerprint density at radius 2 is 1.75 bits per heavy atom. The zero-order valence-corrected chi connectivity index (χ0v) is 16.4. The summed E-state index contributed by atoms with van der Waals surface area (Å²) in [5, 5.41) is 0. The average Bonchev–Trinajstić information content (AvgIpc) is 2.99. The van der Waals surface area contributed by atoms with Crippen LogP contribution in [0.1, 0.15) is 30.6 Å². The van der Waals surface area contributed by atoms with Gasteiger partial charge in [0.15, 0.2) is 6.10 Å². The fourth-order valence-corrected chi connectivity index (χ4v) is 4.60. The SMILES string of the molecule is CCOC(=O)C[C@H]1[C@H](c2ccccc2)OC(=O)N1S(=O)(=O)c1ccc(C)cc1. The summed E-state index contributed by atoms with van der Waals surface area (Å²) < 4.78 is 37.3. The van der Waals surface area contributed by atoms with Crippen LogP contribution in [0.25, 0.3) is 0 Å². The number of ether oxygens (including phenoxy) is 2. The highest BCUT2D eigenvalue weighted by Gasteiger charge is 2.50. The fourth-order valence-electron chi connectivity index (χ4n) is 3.11. The van der Waals surface area contributed by atoms with Crippen LogP contribution in [-0.4, -0.2) is 37.4 Å². The summed E-state index contributed by atoms with van der Waals surface area (Å²) in [7, 11) is -4.20. The maximum Gasteiger partial charge on any atom is 0.424 e. The molecule has 0 radical (unpaired) electrons. The van der Waals surface area contributed by atoms with E-state index < -0.39 is 34.2 Å². The molecule has 0 saturated carbocycles. The molecule has 3 rings (SSSR count). The Kier molecular flexibility index (Phi) is 5.69. The van der Waals surface area contributed by atoms with E-state index in [0.717, 1.165) is 5.56 Å². The Labute approximate surface area is 163 Å². The van der Waals surface area contributed by atoms with E-state index in [2.05, 4.69) is 0 Å². The molecule has 1 amide bonds. The first kappa shape index (κ1) is 19.9. The molecule has 28 heavy (non-hydrogen) atoms. The lowest BCUT2D eigenvalue weighted by atomic mass is 10.0. The summed E-state index contributed by atoms with van der Waals surface area (Å²) in [6.45, 7) is 3.64. The molecule has 0 unspecified atom stereocenters. The second-order valence-corrected chi connectivity index (χ2v) is 8.22. The van der Waals surface area contributed by atoms with Crippen molar-refractivity contribution >= 4 is 22.1 Å². The molecule has 7 nitrogen and oxygen atoms in total. The maximum atomic E-state index is 13.2. The minimum Gasteiger partial charge on any atom is -0.466 e. The largest absolute Gasteiger partial charge is 0.466 e. The average molecular weight is 403 g/mol. The van der Waals surface area contributed by atoms with Crippen LogP contribution >= 0.6 is 0 Å². The summed E-state index contributed by atoms with van der Waals surface area (Å²) in [5.41, 5.74) is 1.49. The van der Waals surface area contributed by atoms with E-state index in [4.69, 9.17) is 9.47 Å². The third-order valence-corrected chi connectivity index (χ3v) is 6.25. The highest BCUT2D eigenvalue weighted by atomic mass is 32.2. The molecular formula is C20H21NO6S. The van der Waals surface area contributed by atoms with Crippen molar-refractivity contribution in [1.82, 2.24) is 4.31 Å². The van der Waals surface area contributed by atoms with Gasteiger partial charge in [-0.1, -0.05) is 48.0 Å². The van der Waals surface area contributed by atoms with Gasteiger partial charge in [-0.3, -0.25) is 4.79 Å². The van der Waals surface area contributed by atoms with Gasteiger partial charge in [0.25, 0.3) is 10.0 Å². The minimum absolute atomic E-state index is 0.0439. The molecule has 1 heterocycles. The third-order valence-electron chi connectivity index (χ3n) is 4.45. The van der Waals surface area contributed by atoms with Crippen LogP contribution in [0.2, 0.25) is 0 Å². The summed E-state index contributed by atoms with van der Waals surface area (Å²) in [5.74, 6) is -0.601. The maximum absolute atomic E-state index is 13.2. The predicted octanol–water partition coefficient (Wildman–Crippen LogP) is 3.20. The van der Waals surface area contributed by atoms with Crippen LogP contribution in [0.4, 0.5) is 4.79 Å². The van der Waals surface area contributed by atoms with Crippen molar-refractivity contribution in [1.29, 1.82) is 0 Å². The van der Waals surface area contributed by atoms with Crippen LogP contribution in [-0.2, 0) is 24.3 Å². The Bertz CT molecular complexity index is 956. The van der Waals surface area contributed by atoms with Crippen LogP contribution in [0.15, 0.2) is 59.5 Å². The van der Waals surface area contributed by atoms with Gasteiger partial charge in [-0.05, 0) is 31.5 Å². The molecule has 0 N–H and O–H groups in total. The summed E-state index contributed by atoms with van der Waals surface area (Å²) in [4.78, 5) is 24.6. The van der Waals surface area contributed by atoms with Crippen molar-refractivity contribution in [2.24, 2.45) is 0 Å². The Morgan fingerprint density at radius 1 is 1.11 bits per heavy atom. The van der Waals surface area contributed by atoms with E-state index in [1.54, 1.807) is 49.4 Å². The number of benzene rings is 2. The molecule has 0 aromatic heterocycles. The number of rotatable bonds is 6. The first-order chi connectivity index (χ1) is 13.3. The molecule has 1 saturated heterocycles. The normalized spacial score (nSPS) is 19.4. The quantitative estimate of drug-likeness (QED) is 0.688. The van der Waals surface area contributed by atoms with E-state index in [0.29, 0.717) is 9.87 Å². The molecule has 2 aromatic rings. The molecular weight excluding hydrogens is 382 g/mol. The van der Waals surface area contributed by atoms with Gasteiger partial charge in [-0.2, -0.15) is 4.31 Å². The fraction of sp³-hybridized carbons (Fsp3) is 0.300. The Balaban J connectivity index is 2.02. The lowest BCUT2D eigenvalue weighted by Gasteiger charge is -2.23. The Hall–Kier alpha value is -2.87. The second kappa shape index (κ2) is 8.02. The molecule has 2 aromatic carbocycles. The summed E-state index contributed by atoms with van der Waals surface area (Å²) in [6.07, 6.45) is -2.22. The van der Waals surface area contributed by atoms with Gasteiger partial charge in [-0.25, -0.2) is 13.2 Å². The number of carbonyl (C=O) groups is 2. The van der Waals surface area contributed by atoms with Crippen LogP contribution in [0, 0.1) is 6.92 Å². The molecule has 2 atom stereocenters. The van der Waals surface area contributed by atoms with Crippen LogP contribution in [0.3, 0.4) is 0 Å². The van der Waals surface area contributed by atoms with E-state index in [1.165, 1.54) is 12.1 Å². The number of aryl methyl sites for hydroxylation is 1. The monoisotopic (exact) mass is 403 g/mol. The number of sulfonamides is 1. The van der Waals surface area contributed by atoms with E-state index in [-0.39, 0.29) is 17.9 Å². The number of nitrogens with zero attached hydrogens (tertiary/aromatic N) is 1. The summed E-state index contributed by atoms with van der Waals surface area (Å²) in [6, 6.07) is 13.8. The zero-order chi connectivity index (χ0) is 20.3. The van der Waals surface area contributed by atoms with E-state index >= 15 is 0 Å². The van der Waals surface area contributed by atoms with Gasteiger partial charge in [0, 0.05) is 0 Å². The summed E-state index contributed by atoms with van der Waals surface area (Å²) >= 11 is 0. The van der Waals surface area contributed by atoms with Gasteiger partial charge in [0.2, 0.25) is 0 Å². The topological polar surface area (TPSA) is 90.0 Å². The predicted molar refractivity (Wildman–Crippen MR) is 101 cm³/mol. The zero-order valence-electron chi connectivity index (χ0n) is 15.6. The van der Waals surface area contributed by atoms with Gasteiger partial charge < -0.3 is 9.47 Å². The first-order valence-corrected chi connectivity index (χ1v) is 10.3. The van der Waals surface area contributed by atoms with Gasteiger partial charge in [0.05, 0.1) is 17.9 Å². The highest BCUT2D eigenvalue weighted by molar-refractivity contribution is 7.89. The molecule has 1 aliphatic rings. The molecule has 148 valence electrons. The van der Waals surface area contributed by atoms with Crippen molar-refractivity contribution in [3.05, 3.63) is 65.7 Å². The number of hydrogen-bond donors (Lipinski definition) is 0. The van der Waals surface area contributed by atoms with E-state index in [9.17, 15) is 18.0 Å². The molecule has 0 spiro atoms. The molecule has 1 aliphatic heterocycles. The second-order valence-electron chi connectivity index (χ2n) is 6.41. The molecule has 0 bridgehead atoms. The van der Waals surface area contributed by atoms with Crippen molar-refractivity contribution in [2.75, 3.05) is 6.61 Å². The van der Waals surface area contributed by atoms with Gasteiger partial charge >= 0.3 is 12.1 Å². The molecule has 8 heteroatoms. The van der Waals surface area contributed by atoms with Crippen molar-refractivity contribution in [3.8, 4) is 0 Å². The number of hydrogen-bond acceptors (Lipinski definition) is 6. The smallest absolute Gasteiger partial charge is 0.424 e. The lowest BCUT2D eigenvalue weighted by Crippen LogP contribution is -2.41. The molecule has 1 fully saturated rings. The van der Waals surface area contributed by atoms with Crippen LogP contribution < -0.4 is 0 Å². The number of esters is 1. The van der Waals surface area contributed by atoms with E-state index in [1.807, 2.05) is 6.92 Å². The standard InChI is InChI=1S/C20H21NO6S/c1-3-26-18(22)13-17-19(15-7-5-4-6-8-15)27-20(23)21(17)28(24,25)16-11-9-14(2)10-12-16/h4-12,17,19H,3,13H2,1-2H3/t17-,19-/m0/s1. The first-order valence-electron chi connectivity index (χ1n) is 8.87. The van der Waals surface area contributed by atoms with Crippen molar-refractivity contribution in [2.45, 2.75) is 37.3 Å².